The fourth-order valence-corrected chi connectivity index (χ4v) is 9.69. The number of aromatic nitrogens is 1. The minimum Gasteiger partial charge on any atom is -0.497 e. The Morgan fingerprint density at radius 3 is 1.68 bits per heavy atom. The number of hydrogen-bond acceptors (Lipinski definition) is 13. The first kappa shape index (κ1) is 45.4. The predicted molar refractivity (Wildman–Crippen MR) is 247 cm³/mol. The third-order valence-electron chi connectivity index (χ3n) is 12.5. The number of methoxy groups -OCH3 is 1. The Bertz CT molecular complexity index is 2630. The molecule has 2 aromatic heterocycles. The first-order valence-corrected chi connectivity index (χ1v) is 23.5. The molecule has 0 saturated heterocycles. The zero-order valence-corrected chi connectivity index (χ0v) is 38.2. The molecule has 65 heavy (non-hydrogen) atoms. The summed E-state index contributed by atoms with van der Waals surface area (Å²) in [5, 5.41) is 1.50. The van der Waals surface area contributed by atoms with E-state index in [2.05, 4.69) is 13.0 Å². The van der Waals surface area contributed by atoms with Crippen LogP contribution in [0.1, 0.15) is 95.1 Å². The van der Waals surface area contributed by atoms with Crippen molar-refractivity contribution in [2.45, 2.75) is 97.8 Å². The van der Waals surface area contributed by atoms with Crippen molar-refractivity contribution in [1.82, 2.24) is 4.98 Å². The molecule has 2 saturated carbocycles. The van der Waals surface area contributed by atoms with E-state index in [-0.39, 0.29) is 29.5 Å². The van der Waals surface area contributed by atoms with E-state index in [1.807, 2.05) is 38.1 Å². The molecule has 12 nitrogen and oxygen atoms in total. The normalized spacial score (nSPS) is 18.5. The van der Waals surface area contributed by atoms with Crippen LogP contribution in [0, 0.1) is 37.5 Å². The average Bonchev–Trinajstić information content (AvgIpc) is 3.97. The zero-order chi connectivity index (χ0) is 45.5. The minimum atomic E-state index is -0.426. The van der Waals surface area contributed by atoms with Crippen molar-refractivity contribution in [2.24, 2.45) is 23.7 Å². The molecule has 0 spiro atoms. The van der Waals surface area contributed by atoms with Crippen LogP contribution in [0.25, 0.3) is 32.0 Å². The van der Waals surface area contributed by atoms with Gasteiger partial charge in [-0.1, -0.05) is 32.3 Å². The number of aryl methyl sites for hydroxylation is 2. The van der Waals surface area contributed by atoms with Gasteiger partial charge in [0.25, 0.3) is 0 Å². The van der Waals surface area contributed by atoms with Gasteiger partial charge in [-0.15, -0.1) is 11.3 Å². The van der Waals surface area contributed by atoms with Gasteiger partial charge >= 0.3 is 23.9 Å². The van der Waals surface area contributed by atoms with Crippen LogP contribution < -0.4 is 28.4 Å². The van der Waals surface area contributed by atoms with Crippen LogP contribution in [0.2, 0.25) is 0 Å². The van der Waals surface area contributed by atoms with Crippen molar-refractivity contribution in [3.63, 3.8) is 0 Å². The highest BCUT2D eigenvalue weighted by Gasteiger charge is 2.35. The van der Waals surface area contributed by atoms with Gasteiger partial charge < -0.3 is 32.8 Å². The fourth-order valence-electron chi connectivity index (χ4n) is 8.70. The largest absolute Gasteiger partial charge is 0.497 e. The Morgan fingerprint density at radius 2 is 1.12 bits per heavy atom. The molecule has 0 amide bonds. The number of benzene rings is 4. The van der Waals surface area contributed by atoms with Gasteiger partial charge in [0.15, 0.2) is 22.3 Å². The number of ether oxygens (including phenoxy) is 6. The Labute approximate surface area is 382 Å². The summed E-state index contributed by atoms with van der Waals surface area (Å²) in [4.78, 5) is 58.5. The number of fused-ring (bicyclic) bond motifs is 2. The van der Waals surface area contributed by atoms with Crippen molar-refractivity contribution in [3.05, 3.63) is 90.0 Å². The minimum absolute atomic E-state index is 0.236. The number of carbonyl (C=O) groups excluding carboxylic acids is 4. The van der Waals surface area contributed by atoms with E-state index >= 15 is 0 Å². The van der Waals surface area contributed by atoms with E-state index in [0.717, 1.165) is 40.7 Å². The van der Waals surface area contributed by atoms with Crippen molar-refractivity contribution in [3.8, 4) is 45.3 Å². The van der Waals surface area contributed by atoms with Gasteiger partial charge in [0.1, 0.15) is 38.8 Å². The first-order valence-electron chi connectivity index (χ1n) is 22.7. The highest BCUT2D eigenvalue weighted by molar-refractivity contribution is 7.22. The van der Waals surface area contributed by atoms with Gasteiger partial charge in [0, 0.05) is 5.39 Å². The lowest BCUT2D eigenvalue weighted by Gasteiger charge is -2.26. The molecule has 0 bridgehead atoms. The number of unbranched alkanes of at least 4 members (excludes halogenated alkanes) is 3. The van der Waals surface area contributed by atoms with Crippen LogP contribution in [0.3, 0.4) is 0 Å². The molecule has 2 heterocycles. The second-order valence-electron chi connectivity index (χ2n) is 17.2. The summed E-state index contributed by atoms with van der Waals surface area (Å²) < 4.78 is 41.3. The maximum absolute atomic E-state index is 13.8. The smallest absolute Gasteiger partial charge is 0.314 e. The standard InChI is InChI=1S/C52H55NO11S/c1-5-6-7-8-27-59-38-19-23-40(24-20-38)61-50(55)34-11-15-36(16-12-34)52(57)64-43-26-25-42(46-47(43)65-48(53-46)45-30-41-32(3)28-31(2)29-44(41)62-45)63-51(56)35-13-9-33(10-14-35)49(54)60-39-21-17-37(58-4)18-22-39/h17-26,28-30,33-36H,5-16,27H2,1-4H3. The Kier molecular flexibility index (Phi) is 14.5. The summed E-state index contributed by atoms with van der Waals surface area (Å²) in [6.07, 6.45) is 8.31. The average molecular weight is 902 g/mol. The van der Waals surface area contributed by atoms with Crippen molar-refractivity contribution in [1.29, 1.82) is 0 Å². The fraction of sp³-hybridized carbons (Fsp3) is 0.404. The Hall–Kier alpha value is -6.21. The molecular formula is C52H55NO11S. The SMILES string of the molecule is CCCCCCOc1ccc(OC(=O)C2CCC(C(=O)Oc3ccc(OC(=O)C4CCC(C(=O)Oc5ccc(OC)cc5)CC4)c4nc(-c5cc6c(C)cc(C)cc6o5)sc34)CC2)cc1. The summed E-state index contributed by atoms with van der Waals surface area (Å²) in [6.45, 7) is 6.87. The molecule has 0 N–H and O–H groups in total. The number of nitrogens with zero attached hydrogens (tertiary/aromatic N) is 1. The van der Waals surface area contributed by atoms with E-state index in [0.29, 0.717) is 102 Å². The van der Waals surface area contributed by atoms with Gasteiger partial charge in [-0.25, -0.2) is 4.98 Å². The van der Waals surface area contributed by atoms with E-state index in [1.165, 1.54) is 24.2 Å². The molecule has 0 atom stereocenters. The monoisotopic (exact) mass is 901 g/mol. The maximum Gasteiger partial charge on any atom is 0.314 e. The highest BCUT2D eigenvalue weighted by atomic mass is 32.1. The van der Waals surface area contributed by atoms with Gasteiger partial charge in [-0.2, -0.15) is 0 Å². The zero-order valence-electron chi connectivity index (χ0n) is 37.4. The number of furan rings is 1. The second-order valence-corrected chi connectivity index (χ2v) is 18.2. The van der Waals surface area contributed by atoms with Crippen molar-refractivity contribution in [2.75, 3.05) is 13.7 Å². The van der Waals surface area contributed by atoms with E-state index in [1.54, 1.807) is 55.6 Å². The van der Waals surface area contributed by atoms with Gasteiger partial charge in [-0.3, -0.25) is 19.2 Å². The number of hydrogen-bond donors (Lipinski definition) is 0. The number of rotatable bonds is 16. The molecule has 2 fully saturated rings. The van der Waals surface area contributed by atoms with Crippen LogP contribution in [0.5, 0.6) is 34.5 Å². The molecule has 8 rings (SSSR count). The van der Waals surface area contributed by atoms with Crippen LogP contribution in [0.15, 0.2) is 83.3 Å². The van der Waals surface area contributed by atoms with Crippen LogP contribution in [0.4, 0.5) is 0 Å². The molecule has 2 aliphatic carbocycles. The second kappa shape index (κ2) is 20.7. The number of thiazole rings is 1. The third kappa shape index (κ3) is 11.0. The van der Waals surface area contributed by atoms with E-state index < -0.39 is 23.8 Å². The summed E-state index contributed by atoms with van der Waals surface area (Å²) >= 11 is 1.29. The van der Waals surface area contributed by atoms with Crippen LogP contribution in [-0.2, 0) is 19.2 Å². The van der Waals surface area contributed by atoms with E-state index in [9.17, 15) is 19.2 Å². The Balaban J connectivity index is 0.916. The lowest BCUT2D eigenvalue weighted by Crippen LogP contribution is -2.30. The van der Waals surface area contributed by atoms with Gasteiger partial charge in [-0.05, 0) is 156 Å². The molecular weight excluding hydrogens is 847 g/mol. The molecule has 0 radical (unpaired) electrons. The third-order valence-corrected chi connectivity index (χ3v) is 13.5. The summed E-state index contributed by atoms with van der Waals surface area (Å²) in [6, 6.07) is 23.2. The maximum atomic E-state index is 13.8. The van der Waals surface area contributed by atoms with Crippen LogP contribution >= 0.6 is 11.3 Å². The quantitative estimate of drug-likeness (QED) is 0.0517. The summed E-state index contributed by atoms with van der Waals surface area (Å²) in [5.41, 5.74) is 3.24. The molecule has 2 aliphatic rings. The molecule has 13 heteroatoms. The number of carbonyl (C=O) groups is 4. The number of esters is 4. The van der Waals surface area contributed by atoms with Crippen molar-refractivity contribution >= 4 is 56.4 Å². The Morgan fingerprint density at radius 1 is 0.615 bits per heavy atom. The summed E-state index contributed by atoms with van der Waals surface area (Å²) in [5.74, 6) is 0.389. The first-order chi connectivity index (χ1) is 31.5. The lowest BCUT2D eigenvalue weighted by atomic mass is 9.82. The molecule has 0 unspecified atom stereocenters. The topological polar surface area (TPSA) is 150 Å². The van der Waals surface area contributed by atoms with E-state index in [4.69, 9.17) is 37.8 Å². The summed E-state index contributed by atoms with van der Waals surface area (Å²) in [7, 11) is 1.57. The van der Waals surface area contributed by atoms with Gasteiger partial charge in [0.05, 0.1) is 37.4 Å². The predicted octanol–water partition coefficient (Wildman–Crippen LogP) is 11.9. The van der Waals surface area contributed by atoms with Crippen LogP contribution in [-0.4, -0.2) is 42.6 Å². The van der Waals surface area contributed by atoms with Gasteiger partial charge in [0.2, 0.25) is 0 Å². The molecule has 0 aliphatic heterocycles. The molecule has 6 aromatic rings. The lowest BCUT2D eigenvalue weighted by molar-refractivity contribution is -0.145. The molecule has 340 valence electrons. The molecule has 4 aromatic carbocycles. The van der Waals surface area contributed by atoms with Crippen molar-refractivity contribution < 1.29 is 52.0 Å². The highest BCUT2D eigenvalue weighted by Crippen LogP contribution is 2.44.